The number of hydrogen-bond acceptors (Lipinski definition) is 7. The van der Waals surface area contributed by atoms with Crippen molar-refractivity contribution >= 4 is 34.2 Å². The summed E-state index contributed by atoms with van der Waals surface area (Å²) in [5, 5.41) is 8.15. The van der Waals surface area contributed by atoms with E-state index in [1.54, 1.807) is 42.3 Å². The Bertz CT molecular complexity index is 1000. The number of aromatic nitrogens is 2. The van der Waals surface area contributed by atoms with Crippen molar-refractivity contribution in [3.8, 4) is 5.88 Å². The molecule has 2 aliphatic rings. The van der Waals surface area contributed by atoms with E-state index < -0.39 is 10.0 Å². The molecular formula is C21H28ClN5O4S. The number of rotatable bonds is 5. The van der Waals surface area contributed by atoms with Crippen molar-refractivity contribution in [1.82, 2.24) is 19.4 Å². The van der Waals surface area contributed by atoms with Crippen LogP contribution in [0.2, 0.25) is 0 Å². The Kier molecular flexibility index (Phi) is 7.91. The summed E-state index contributed by atoms with van der Waals surface area (Å²) < 4.78 is 32.1. The number of piperazine rings is 1. The monoisotopic (exact) mass is 481 g/mol. The summed E-state index contributed by atoms with van der Waals surface area (Å²) >= 11 is 0. The molecule has 0 aliphatic carbocycles. The standard InChI is InChI=1S/C21H27N5O4S.ClH/c1-30-20-10-9-19(22-23-20)24-13-15-25(16-14-24)21(27)17-5-7-18(8-6-17)31(28,29)26-11-3-2-4-12-26;/h5-10H,2-4,11-16H2,1H3;1H. The molecule has 0 spiro atoms. The molecule has 11 heteroatoms. The Morgan fingerprint density at radius 1 is 0.875 bits per heavy atom. The van der Waals surface area contributed by atoms with Gasteiger partial charge in [-0.05, 0) is 43.2 Å². The molecule has 1 aromatic carbocycles. The highest BCUT2D eigenvalue weighted by molar-refractivity contribution is 7.89. The Morgan fingerprint density at radius 3 is 2.09 bits per heavy atom. The predicted octanol–water partition coefficient (Wildman–Crippen LogP) is 2.04. The SMILES string of the molecule is COc1ccc(N2CCN(C(=O)c3ccc(S(=O)(=O)N4CCCCC4)cc3)CC2)nn1.Cl. The van der Waals surface area contributed by atoms with Gasteiger partial charge >= 0.3 is 0 Å². The highest BCUT2D eigenvalue weighted by Gasteiger charge is 2.27. The number of amides is 1. The molecule has 1 amide bonds. The van der Waals surface area contributed by atoms with E-state index in [1.165, 1.54) is 4.31 Å². The summed E-state index contributed by atoms with van der Waals surface area (Å²) in [5.41, 5.74) is 0.496. The Morgan fingerprint density at radius 2 is 1.53 bits per heavy atom. The fraction of sp³-hybridized carbons (Fsp3) is 0.476. The van der Waals surface area contributed by atoms with Gasteiger partial charge in [-0.2, -0.15) is 4.31 Å². The summed E-state index contributed by atoms with van der Waals surface area (Å²) in [6, 6.07) is 9.92. The first-order valence-corrected chi connectivity index (χ1v) is 12.0. The maximum Gasteiger partial charge on any atom is 0.253 e. The topological polar surface area (TPSA) is 95.9 Å². The number of ether oxygens (including phenoxy) is 1. The average Bonchev–Trinajstić information content (AvgIpc) is 2.84. The zero-order chi connectivity index (χ0) is 21.8. The number of nitrogens with zero attached hydrogens (tertiary/aromatic N) is 5. The summed E-state index contributed by atoms with van der Waals surface area (Å²) in [7, 11) is -1.95. The molecule has 9 nitrogen and oxygen atoms in total. The highest BCUT2D eigenvalue weighted by atomic mass is 35.5. The van der Waals surface area contributed by atoms with Gasteiger partial charge in [-0.25, -0.2) is 8.42 Å². The van der Waals surface area contributed by atoms with Crippen molar-refractivity contribution in [1.29, 1.82) is 0 Å². The maximum absolute atomic E-state index is 12.9. The zero-order valence-electron chi connectivity index (χ0n) is 18.0. The second kappa shape index (κ2) is 10.5. The van der Waals surface area contributed by atoms with E-state index in [4.69, 9.17) is 4.74 Å². The van der Waals surface area contributed by atoms with E-state index in [2.05, 4.69) is 15.1 Å². The molecule has 2 saturated heterocycles. The van der Waals surface area contributed by atoms with Crippen LogP contribution in [-0.4, -0.2) is 80.1 Å². The van der Waals surface area contributed by atoms with Gasteiger partial charge in [0.05, 0.1) is 12.0 Å². The van der Waals surface area contributed by atoms with E-state index in [0.717, 1.165) is 25.1 Å². The van der Waals surface area contributed by atoms with Crippen molar-refractivity contribution in [3.05, 3.63) is 42.0 Å². The quantitative estimate of drug-likeness (QED) is 0.644. The minimum atomic E-state index is -3.49. The lowest BCUT2D eigenvalue weighted by atomic mass is 10.2. The number of carbonyl (C=O) groups is 1. The molecular weight excluding hydrogens is 454 g/mol. The third-order valence-corrected chi connectivity index (χ3v) is 7.69. The summed E-state index contributed by atoms with van der Waals surface area (Å²) in [5.74, 6) is 1.12. The predicted molar refractivity (Wildman–Crippen MR) is 123 cm³/mol. The maximum atomic E-state index is 12.9. The Balaban J connectivity index is 0.00000289. The van der Waals surface area contributed by atoms with E-state index >= 15 is 0 Å². The van der Waals surface area contributed by atoms with Crippen molar-refractivity contribution in [3.63, 3.8) is 0 Å². The van der Waals surface area contributed by atoms with E-state index in [1.807, 2.05) is 6.07 Å². The first-order valence-electron chi connectivity index (χ1n) is 10.5. The lowest BCUT2D eigenvalue weighted by Gasteiger charge is -2.35. The fourth-order valence-corrected chi connectivity index (χ4v) is 5.45. The van der Waals surface area contributed by atoms with Gasteiger partial charge in [0.2, 0.25) is 15.9 Å². The lowest BCUT2D eigenvalue weighted by molar-refractivity contribution is 0.0746. The van der Waals surface area contributed by atoms with Gasteiger partial charge in [0.15, 0.2) is 5.82 Å². The molecule has 0 saturated carbocycles. The van der Waals surface area contributed by atoms with Crippen LogP contribution in [0.4, 0.5) is 5.82 Å². The highest BCUT2D eigenvalue weighted by Crippen LogP contribution is 2.22. The molecule has 0 unspecified atom stereocenters. The molecule has 4 rings (SSSR count). The molecule has 1 aromatic heterocycles. The lowest BCUT2D eigenvalue weighted by Crippen LogP contribution is -2.49. The normalized spacial score (nSPS) is 17.5. The van der Waals surface area contributed by atoms with Crippen LogP contribution in [0.25, 0.3) is 0 Å². The van der Waals surface area contributed by atoms with Crippen LogP contribution in [0.3, 0.4) is 0 Å². The second-order valence-corrected chi connectivity index (χ2v) is 9.64. The van der Waals surface area contributed by atoms with Gasteiger partial charge in [-0.3, -0.25) is 4.79 Å². The van der Waals surface area contributed by atoms with Crippen molar-refractivity contribution in [2.75, 3.05) is 51.3 Å². The van der Waals surface area contributed by atoms with Gasteiger partial charge in [0, 0.05) is 50.9 Å². The van der Waals surface area contributed by atoms with E-state index in [9.17, 15) is 13.2 Å². The minimum Gasteiger partial charge on any atom is -0.480 e. The molecule has 32 heavy (non-hydrogen) atoms. The van der Waals surface area contributed by atoms with Crippen LogP contribution in [-0.2, 0) is 10.0 Å². The molecule has 0 bridgehead atoms. The number of anilines is 1. The van der Waals surface area contributed by atoms with Crippen LogP contribution < -0.4 is 9.64 Å². The van der Waals surface area contributed by atoms with E-state index in [0.29, 0.717) is 50.7 Å². The Hall–Kier alpha value is -2.43. The molecule has 2 aromatic rings. The third kappa shape index (κ3) is 5.13. The second-order valence-electron chi connectivity index (χ2n) is 7.70. The summed E-state index contributed by atoms with van der Waals surface area (Å²) in [6.07, 6.45) is 2.85. The van der Waals surface area contributed by atoms with Gasteiger partial charge in [0.25, 0.3) is 5.91 Å². The minimum absolute atomic E-state index is 0. The van der Waals surface area contributed by atoms with Gasteiger partial charge < -0.3 is 14.5 Å². The van der Waals surface area contributed by atoms with Crippen molar-refractivity contribution in [2.45, 2.75) is 24.2 Å². The number of carbonyl (C=O) groups excluding carboxylic acids is 1. The van der Waals surface area contributed by atoms with Crippen LogP contribution in [0, 0.1) is 0 Å². The number of sulfonamides is 1. The Labute approximate surface area is 194 Å². The van der Waals surface area contributed by atoms with Crippen LogP contribution in [0.5, 0.6) is 5.88 Å². The summed E-state index contributed by atoms with van der Waals surface area (Å²) in [6.45, 7) is 3.53. The molecule has 0 atom stereocenters. The number of methoxy groups -OCH3 is 1. The van der Waals surface area contributed by atoms with Crippen LogP contribution in [0.1, 0.15) is 29.6 Å². The van der Waals surface area contributed by atoms with Gasteiger partial charge in [-0.15, -0.1) is 22.6 Å². The number of piperidine rings is 1. The molecule has 2 aliphatic heterocycles. The first-order chi connectivity index (χ1) is 15.0. The number of benzene rings is 1. The summed E-state index contributed by atoms with van der Waals surface area (Å²) in [4.78, 5) is 17.0. The fourth-order valence-electron chi connectivity index (χ4n) is 3.94. The third-order valence-electron chi connectivity index (χ3n) is 5.78. The molecule has 0 N–H and O–H groups in total. The zero-order valence-corrected chi connectivity index (χ0v) is 19.6. The largest absolute Gasteiger partial charge is 0.480 e. The molecule has 0 radical (unpaired) electrons. The number of halogens is 1. The molecule has 174 valence electrons. The van der Waals surface area contributed by atoms with Crippen LogP contribution in [0.15, 0.2) is 41.3 Å². The van der Waals surface area contributed by atoms with Gasteiger partial charge in [0.1, 0.15) is 0 Å². The van der Waals surface area contributed by atoms with Gasteiger partial charge in [-0.1, -0.05) is 6.42 Å². The smallest absolute Gasteiger partial charge is 0.253 e. The van der Waals surface area contributed by atoms with Crippen molar-refractivity contribution in [2.24, 2.45) is 0 Å². The van der Waals surface area contributed by atoms with E-state index in [-0.39, 0.29) is 23.2 Å². The molecule has 3 heterocycles. The first kappa shape index (κ1) is 24.2. The average molecular weight is 482 g/mol. The molecule has 2 fully saturated rings. The van der Waals surface area contributed by atoms with Crippen molar-refractivity contribution < 1.29 is 17.9 Å². The number of hydrogen-bond donors (Lipinski definition) is 0. The van der Waals surface area contributed by atoms with Crippen LogP contribution >= 0.6 is 12.4 Å².